The van der Waals surface area contributed by atoms with Crippen molar-refractivity contribution in [3.05, 3.63) is 17.3 Å². The van der Waals surface area contributed by atoms with Crippen molar-refractivity contribution in [2.45, 2.75) is 51.8 Å². The fraction of sp³-hybridized carbons (Fsp3) is 0.650. The lowest BCUT2D eigenvalue weighted by Crippen LogP contribution is -2.62. The first-order chi connectivity index (χ1) is 13.9. The molecule has 0 bridgehead atoms. The van der Waals surface area contributed by atoms with Gasteiger partial charge >= 0.3 is 12.3 Å². The number of alkyl halides is 3. The quantitative estimate of drug-likeness (QED) is 0.679. The molecule has 0 atom stereocenters. The Morgan fingerprint density at radius 2 is 1.87 bits per heavy atom. The van der Waals surface area contributed by atoms with Crippen LogP contribution in [0.1, 0.15) is 38.5 Å². The van der Waals surface area contributed by atoms with Gasteiger partial charge in [-0.2, -0.15) is 13.2 Å². The molecule has 2 aromatic rings. The molecule has 6 nitrogen and oxygen atoms in total. The molecule has 1 amide bonds. The van der Waals surface area contributed by atoms with Crippen LogP contribution in [0.3, 0.4) is 0 Å². The largest absolute Gasteiger partial charge is 0.444 e. The Bertz CT molecular complexity index is 938. The van der Waals surface area contributed by atoms with E-state index in [0.29, 0.717) is 29.1 Å². The van der Waals surface area contributed by atoms with Gasteiger partial charge in [0.1, 0.15) is 22.6 Å². The molecule has 30 heavy (non-hydrogen) atoms. The van der Waals surface area contributed by atoms with Crippen LogP contribution in [0.2, 0.25) is 0 Å². The summed E-state index contributed by atoms with van der Waals surface area (Å²) in [5.74, 6) is 0.697. The number of amides is 1. The van der Waals surface area contributed by atoms with Crippen molar-refractivity contribution in [2.75, 3.05) is 31.1 Å². The van der Waals surface area contributed by atoms with Crippen LogP contribution in [-0.2, 0) is 11.2 Å². The highest BCUT2D eigenvalue weighted by atomic mass is 32.1. The third-order valence-electron chi connectivity index (χ3n) is 5.56. The van der Waals surface area contributed by atoms with Gasteiger partial charge in [0, 0.05) is 36.5 Å². The summed E-state index contributed by atoms with van der Waals surface area (Å²) < 4.78 is 43.7. The highest BCUT2D eigenvalue weighted by Gasteiger charge is 2.48. The van der Waals surface area contributed by atoms with E-state index < -0.39 is 18.2 Å². The number of thiophene rings is 1. The molecule has 4 heterocycles. The van der Waals surface area contributed by atoms with E-state index in [1.165, 1.54) is 6.33 Å². The predicted octanol–water partition coefficient (Wildman–Crippen LogP) is 4.63. The summed E-state index contributed by atoms with van der Waals surface area (Å²) in [5.41, 5.74) is -0.414. The van der Waals surface area contributed by atoms with Gasteiger partial charge in [0.15, 0.2) is 0 Å². The fourth-order valence-electron chi connectivity index (χ4n) is 4.16. The molecule has 0 aromatic carbocycles. The fourth-order valence-corrected chi connectivity index (χ4v) is 5.18. The SMILES string of the molecule is CC(C)(C)OC(=O)N1CC2(CCN(c3ncnc4sc(CC(F)(F)F)cc34)CC2)C1. The van der Waals surface area contributed by atoms with Crippen molar-refractivity contribution >= 4 is 33.5 Å². The average Bonchev–Trinajstić information content (AvgIpc) is 2.98. The number of nitrogens with zero attached hydrogens (tertiary/aromatic N) is 4. The summed E-state index contributed by atoms with van der Waals surface area (Å²) in [4.78, 5) is 25.4. The van der Waals surface area contributed by atoms with Crippen LogP contribution in [0.15, 0.2) is 12.4 Å². The Morgan fingerprint density at radius 3 is 2.47 bits per heavy atom. The second kappa shape index (κ2) is 7.25. The minimum Gasteiger partial charge on any atom is -0.444 e. The number of carbonyl (C=O) groups excluding carboxylic acids is 1. The molecule has 164 valence electrons. The lowest BCUT2D eigenvalue weighted by Gasteiger charge is -2.53. The molecule has 2 aliphatic heterocycles. The van der Waals surface area contributed by atoms with Crippen LogP contribution in [-0.4, -0.2) is 58.9 Å². The van der Waals surface area contributed by atoms with Gasteiger partial charge in [0.25, 0.3) is 0 Å². The molecule has 10 heteroatoms. The molecular formula is C20H25F3N4O2S. The summed E-state index contributed by atoms with van der Waals surface area (Å²) in [6.07, 6.45) is -2.24. The molecule has 4 rings (SSSR count). The number of fused-ring (bicyclic) bond motifs is 1. The van der Waals surface area contributed by atoms with Gasteiger partial charge in [-0.15, -0.1) is 11.3 Å². The number of likely N-dealkylation sites (tertiary alicyclic amines) is 1. The zero-order chi connectivity index (χ0) is 21.7. The minimum absolute atomic E-state index is 0.0929. The Labute approximate surface area is 177 Å². The van der Waals surface area contributed by atoms with Gasteiger partial charge in [-0.3, -0.25) is 0 Å². The van der Waals surface area contributed by atoms with Gasteiger partial charge in [-0.1, -0.05) is 0 Å². The second-order valence-corrected chi connectivity index (χ2v) is 10.4. The smallest absolute Gasteiger partial charge is 0.410 e. The predicted molar refractivity (Wildman–Crippen MR) is 109 cm³/mol. The monoisotopic (exact) mass is 442 g/mol. The zero-order valence-electron chi connectivity index (χ0n) is 17.3. The zero-order valence-corrected chi connectivity index (χ0v) is 18.1. The Morgan fingerprint density at radius 1 is 1.20 bits per heavy atom. The van der Waals surface area contributed by atoms with E-state index in [-0.39, 0.29) is 16.4 Å². The maximum absolute atomic E-state index is 12.8. The first-order valence-corrected chi connectivity index (χ1v) is 10.8. The number of hydrogen-bond acceptors (Lipinski definition) is 6. The lowest BCUT2D eigenvalue weighted by molar-refractivity contribution is -0.126. The van der Waals surface area contributed by atoms with E-state index >= 15 is 0 Å². The number of halogens is 3. The van der Waals surface area contributed by atoms with Crippen LogP contribution in [0.25, 0.3) is 10.2 Å². The second-order valence-electron chi connectivity index (χ2n) is 9.24. The minimum atomic E-state index is -4.24. The summed E-state index contributed by atoms with van der Waals surface area (Å²) in [6.45, 7) is 8.42. The van der Waals surface area contributed by atoms with Crippen molar-refractivity contribution < 1.29 is 22.7 Å². The van der Waals surface area contributed by atoms with Crippen LogP contribution in [0.4, 0.5) is 23.8 Å². The van der Waals surface area contributed by atoms with Gasteiger partial charge in [-0.25, -0.2) is 14.8 Å². The van der Waals surface area contributed by atoms with Crippen molar-refractivity contribution in [3.8, 4) is 0 Å². The molecule has 2 fully saturated rings. The van der Waals surface area contributed by atoms with Crippen LogP contribution in [0, 0.1) is 5.41 Å². The molecule has 0 N–H and O–H groups in total. The Balaban J connectivity index is 1.40. The number of anilines is 1. The van der Waals surface area contributed by atoms with E-state index in [4.69, 9.17) is 4.74 Å². The summed E-state index contributed by atoms with van der Waals surface area (Å²) >= 11 is 1.07. The molecule has 0 aliphatic carbocycles. The lowest BCUT2D eigenvalue weighted by atomic mass is 9.72. The van der Waals surface area contributed by atoms with Gasteiger partial charge in [0.2, 0.25) is 0 Å². The van der Waals surface area contributed by atoms with Crippen molar-refractivity contribution in [3.63, 3.8) is 0 Å². The van der Waals surface area contributed by atoms with E-state index in [2.05, 4.69) is 14.9 Å². The van der Waals surface area contributed by atoms with Crippen LogP contribution < -0.4 is 4.90 Å². The maximum atomic E-state index is 12.8. The topological polar surface area (TPSA) is 58.6 Å². The molecule has 0 saturated carbocycles. The molecule has 2 aromatic heterocycles. The molecular weight excluding hydrogens is 417 g/mol. The van der Waals surface area contributed by atoms with E-state index in [1.807, 2.05) is 20.8 Å². The molecule has 0 radical (unpaired) electrons. The molecule has 1 spiro atoms. The standard InChI is InChI=1S/C20H25F3N4O2S/c1-18(2,3)29-17(28)27-10-19(11-27)4-6-26(7-5-19)15-14-8-13(9-20(21,22)23)30-16(14)25-12-24-15/h8,12H,4-7,9-11H2,1-3H3. The number of rotatable bonds is 2. The molecule has 2 aliphatic rings. The number of aromatic nitrogens is 2. The number of carbonyl (C=O) groups is 1. The number of ether oxygens (including phenoxy) is 1. The van der Waals surface area contributed by atoms with Gasteiger partial charge in [0.05, 0.1) is 11.8 Å². The summed E-state index contributed by atoms with van der Waals surface area (Å²) in [6, 6.07) is 1.57. The summed E-state index contributed by atoms with van der Waals surface area (Å²) in [5, 5.41) is 0.682. The highest BCUT2D eigenvalue weighted by molar-refractivity contribution is 7.18. The average molecular weight is 443 g/mol. The number of hydrogen-bond donors (Lipinski definition) is 0. The van der Waals surface area contributed by atoms with Crippen molar-refractivity contribution in [1.29, 1.82) is 0 Å². The third kappa shape index (κ3) is 4.48. The first kappa shape index (κ1) is 21.1. The van der Waals surface area contributed by atoms with E-state index in [9.17, 15) is 18.0 Å². The molecule has 2 saturated heterocycles. The van der Waals surface area contributed by atoms with Gasteiger partial charge in [-0.05, 0) is 39.7 Å². The highest BCUT2D eigenvalue weighted by Crippen LogP contribution is 2.43. The summed E-state index contributed by atoms with van der Waals surface area (Å²) in [7, 11) is 0. The normalized spacial score (nSPS) is 19.3. The maximum Gasteiger partial charge on any atom is 0.410 e. The Hall–Kier alpha value is -2.10. The van der Waals surface area contributed by atoms with Crippen LogP contribution >= 0.6 is 11.3 Å². The first-order valence-electron chi connectivity index (χ1n) is 9.96. The van der Waals surface area contributed by atoms with E-state index in [1.54, 1.807) is 11.0 Å². The third-order valence-corrected chi connectivity index (χ3v) is 6.61. The van der Waals surface area contributed by atoms with Crippen molar-refractivity contribution in [1.82, 2.24) is 14.9 Å². The van der Waals surface area contributed by atoms with Crippen molar-refractivity contribution in [2.24, 2.45) is 5.41 Å². The molecule has 0 unspecified atom stereocenters. The number of piperidine rings is 1. The van der Waals surface area contributed by atoms with E-state index in [0.717, 1.165) is 37.3 Å². The Kier molecular flexibility index (Phi) is 5.11. The van der Waals surface area contributed by atoms with Crippen LogP contribution in [0.5, 0.6) is 0 Å². The van der Waals surface area contributed by atoms with Gasteiger partial charge < -0.3 is 14.5 Å².